The quantitative estimate of drug-likeness (QED) is 0.0810. The van der Waals surface area contributed by atoms with E-state index < -0.39 is 69.5 Å². The number of thioether (sulfide) groups is 1. The number of carboxylic acids is 1. The zero-order valence-electron chi connectivity index (χ0n) is 32.3. The highest BCUT2D eigenvalue weighted by Gasteiger charge is 2.60. The monoisotopic (exact) mass is 833 g/mol. The molecule has 3 aliphatic heterocycles. The molecule has 0 aromatic heterocycles. The van der Waals surface area contributed by atoms with E-state index >= 15 is 0 Å². The maximum absolute atomic E-state index is 13.2. The summed E-state index contributed by atoms with van der Waals surface area (Å²) in [6.45, 7) is 3.64. The Morgan fingerprint density at radius 3 is 2.58 bits per heavy atom. The summed E-state index contributed by atoms with van der Waals surface area (Å²) in [5, 5.41) is 28.2. The minimum atomic E-state index is -4.13. The molecule has 1 aliphatic carbocycles. The highest BCUT2D eigenvalue weighted by molar-refractivity contribution is 8.03. The number of methoxy groups -OCH3 is 2. The van der Waals surface area contributed by atoms with E-state index in [-0.39, 0.29) is 41.3 Å². The van der Waals surface area contributed by atoms with E-state index in [1.807, 2.05) is 23.8 Å². The van der Waals surface area contributed by atoms with Crippen LogP contribution in [0.1, 0.15) is 56.3 Å². The van der Waals surface area contributed by atoms with E-state index in [4.69, 9.17) is 14.2 Å². The van der Waals surface area contributed by atoms with E-state index in [1.165, 1.54) is 41.8 Å². The maximum Gasteiger partial charge on any atom is 0.353 e. The molecule has 2 fully saturated rings. The number of carbonyl (C=O) groups is 5. The number of unbranched alkanes of at least 4 members (excludes halogenated alkanes) is 1. The molecule has 312 valence electrons. The van der Waals surface area contributed by atoms with E-state index in [2.05, 4.69) is 16.0 Å². The number of β-lactam (4-membered cyclic amide) rings is 1. The van der Waals surface area contributed by atoms with Gasteiger partial charge in [-0.2, -0.15) is 0 Å². The Labute approximate surface area is 336 Å². The number of hydrogen-bond donors (Lipinski definition) is 6. The summed E-state index contributed by atoms with van der Waals surface area (Å²) < 4.78 is 43.3. The summed E-state index contributed by atoms with van der Waals surface area (Å²) in [7, 11) is -0.921. The van der Waals surface area contributed by atoms with Gasteiger partial charge < -0.3 is 45.3 Å². The van der Waals surface area contributed by atoms with E-state index in [1.54, 1.807) is 20.3 Å². The lowest BCUT2D eigenvalue weighted by Crippen LogP contribution is -2.63. The summed E-state index contributed by atoms with van der Waals surface area (Å²) in [4.78, 5) is 64.8. The molecule has 19 heteroatoms. The van der Waals surface area contributed by atoms with Gasteiger partial charge in [-0.15, -0.1) is 11.8 Å². The van der Waals surface area contributed by atoms with Crippen LogP contribution in [0, 0.1) is 17.8 Å². The number of allylic oxidation sites excluding steroid dienone is 2. The van der Waals surface area contributed by atoms with Crippen LogP contribution in [-0.4, -0.2) is 123 Å². The Morgan fingerprint density at radius 1 is 1.12 bits per heavy atom. The van der Waals surface area contributed by atoms with Gasteiger partial charge in [0.1, 0.15) is 12.3 Å². The van der Waals surface area contributed by atoms with Crippen LogP contribution in [-0.2, 0) is 43.4 Å². The third-order valence-electron chi connectivity index (χ3n) is 10.4. The first-order valence-electron chi connectivity index (χ1n) is 18.8. The molecule has 1 aromatic rings. The molecule has 17 nitrogen and oxygen atoms in total. The zero-order chi connectivity index (χ0) is 41.4. The largest absolute Gasteiger partial charge is 0.493 e. The minimum absolute atomic E-state index is 0.0190. The average Bonchev–Trinajstić information content (AvgIpc) is 3.73. The van der Waals surface area contributed by atoms with Crippen LogP contribution in [0.2, 0.25) is 0 Å². The van der Waals surface area contributed by atoms with Gasteiger partial charge >= 0.3 is 5.97 Å². The Balaban J connectivity index is 1.00. The Hall–Kier alpha value is -4.43. The van der Waals surface area contributed by atoms with Gasteiger partial charge in [-0.1, -0.05) is 19.4 Å². The topological polar surface area (TPSA) is 239 Å². The van der Waals surface area contributed by atoms with E-state index in [9.17, 15) is 42.6 Å². The van der Waals surface area contributed by atoms with Gasteiger partial charge in [0.25, 0.3) is 5.91 Å². The molecule has 0 spiro atoms. The molecule has 4 aliphatic rings. The molecule has 1 aromatic carbocycles. The van der Waals surface area contributed by atoms with Crippen LogP contribution in [0.4, 0.5) is 5.69 Å². The summed E-state index contributed by atoms with van der Waals surface area (Å²) in [6, 6.07) is 4.69. The van der Waals surface area contributed by atoms with Crippen LogP contribution in [0.3, 0.4) is 0 Å². The van der Waals surface area contributed by atoms with Crippen LogP contribution in [0.15, 0.2) is 58.5 Å². The predicted octanol–water partition coefficient (Wildman–Crippen LogP) is 1.69. The number of benzene rings is 1. The third-order valence-corrected chi connectivity index (χ3v) is 13.1. The summed E-state index contributed by atoms with van der Waals surface area (Å²) in [5.74, 6) is -3.18. The average molecular weight is 834 g/mol. The van der Waals surface area contributed by atoms with Gasteiger partial charge in [-0.05, 0) is 68.9 Å². The molecule has 0 radical (unpaired) electrons. The van der Waals surface area contributed by atoms with Crippen LogP contribution in [0.25, 0.3) is 0 Å². The van der Waals surface area contributed by atoms with Crippen molar-refractivity contribution in [2.24, 2.45) is 17.8 Å². The number of aliphatic carboxylic acids is 1. The molecule has 6 N–H and O–H groups in total. The summed E-state index contributed by atoms with van der Waals surface area (Å²) in [6.07, 6.45) is 6.90. The molecule has 2 unspecified atom stereocenters. The number of nitrogens with zero attached hydrogens (tertiary/aromatic N) is 1. The van der Waals surface area contributed by atoms with Crippen molar-refractivity contribution in [3.05, 3.63) is 64.1 Å². The number of aliphatic hydroxyl groups excluding tert-OH is 1. The molecule has 0 bridgehead atoms. The number of nitrogens with one attached hydrogen (secondary N) is 4. The third kappa shape index (κ3) is 10.8. The lowest BCUT2D eigenvalue weighted by molar-refractivity contribution is -0.163. The van der Waals surface area contributed by atoms with Crippen molar-refractivity contribution >= 4 is 57.1 Å². The number of hydrogen-bond acceptors (Lipinski definition) is 13. The summed E-state index contributed by atoms with van der Waals surface area (Å²) in [5.41, 5.74) is 0.160. The number of rotatable bonds is 20. The number of carbonyl (C=O) groups excluding carboxylic acids is 4. The summed E-state index contributed by atoms with van der Waals surface area (Å²) >= 11 is 1.31. The second kappa shape index (κ2) is 19.3. The molecule has 3 heterocycles. The first-order chi connectivity index (χ1) is 27.1. The van der Waals surface area contributed by atoms with Crippen molar-refractivity contribution in [2.45, 2.75) is 69.4 Å². The second-order valence-electron chi connectivity index (χ2n) is 14.4. The highest BCUT2D eigenvalue weighted by Crippen LogP contribution is 2.51. The van der Waals surface area contributed by atoms with Crippen molar-refractivity contribution in [1.82, 2.24) is 20.3 Å². The van der Waals surface area contributed by atoms with Gasteiger partial charge in [0.05, 0.1) is 44.1 Å². The molecule has 2 saturated heterocycles. The number of aliphatic hydroxyl groups is 1. The number of anilines is 1. The normalized spacial score (nSPS) is 24.8. The number of carboxylic acid groups (broad SMARTS) is 1. The van der Waals surface area contributed by atoms with Crippen LogP contribution >= 0.6 is 11.8 Å². The molecular weight excluding hydrogens is 783 g/mol. The molecule has 5 rings (SSSR count). The Kier molecular flexibility index (Phi) is 14.8. The highest BCUT2D eigenvalue weighted by atomic mass is 32.2. The standard InChI is InChI=1S/C38H51N5O12S2/c1-21-32-31(22(2)44)37(48)43(32)33(38(49)50)34(21)56-26-18-27(40-19-26)36(47)41-25-10-7-9-24(17-25)35(46)42-57(51,52)15-13-39-30(45)20-55-14-6-5-8-23-11-12-28(53-3)29(16-23)54-4/h7,9-10,12,16-17,21-23,26-27,31-32,40,44H,5-6,8,11,13-15,18-20H2,1-4H3,(H,39,45)(H,41,47)(H,42,46)(H,49,50)/t21-,22-,23?,26+,27+,31-,32?/m1/s1. The SMILES string of the molecule is COC1=CCC(CCCCOCC(=O)NCCS(=O)(=O)NC(=O)c2cccc(NC(=O)[C@@H]3C[C@H](SC4=C(C(=O)O)N5C(=O)[C@H]([C@@H](C)O)C5[C@H]4C)CN3)c2)C=C1OC. The van der Waals surface area contributed by atoms with Crippen molar-refractivity contribution in [1.29, 1.82) is 0 Å². The lowest BCUT2D eigenvalue weighted by atomic mass is 9.79. The van der Waals surface area contributed by atoms with Crippen molar-refractivity contribution in [3.63, 3.8) is 0 Å². The molecular formula is C38H51N5O12S2. The smallest absolute Gasteiger partial charge is 0.353 e. The second-order valence-corrected chi connectivity index (χ2v) is 17.6. The molecule has 57 heavy (non-hydrogen) atoms. The first-order valence-corrected chi connectivity index (χ1v) is 21.4. The maximum atomic E-state index is 13.2. The molecule has 0 saturated carbocycles. The fourth-order valence-corrected chi connectivity index (χ4v) is 9.85. The van der Waals surface area contributed by atoms with Crippen LogP contribution in [0.5, 0.6) is 0 Å². The number of fused-ring (bicyclic) bond motifs is 1. The Morgan fingerprint density at radius 2 is 1.88 bits per heavy atom. The lowest BCUT2D eigenvalue weighted by Gasteiger charge is -2.46. The number of amides is 4. The predicted molar refractivity (Wildman–Crippen MR) is 210 cm³/mol. The van der Waals surface area contributed by atoms with Gasteiger partial charge in [-0.3, -0.25) is 19.2 Å². The van der Waals surface area contributed by atoms with Crippen molar-refractivity contribution in [2.75, 3.05) is 51.6 Å². The molecule has 7 atom stereocenters. The van der Waals surface area contributed by atoms with E-state index in [0.717, 1.165) is 37.2 Å². The van der Waals surface area contributed by atoms with Crippen LogP contribution < -0.4 is 20.7 Å². The fourth-order valence-electron chi connectivity index (χ4n) is 7.50. The van der Waals surface area contributed by atoms with Gasteiger partial charge in [0.2, 0.25) is 27.7 Å². The van der Waals surface area contributed by atoms with Gasteiger partial charge in [0.15, 0.2) is 11.5 Å². The zero-order valence-corrected chi connectivity index (χ0v) is 34.0. The number of ether oxygens (including phenoxy) is 3. The van der Waals surface area contributed by atoms with Gasteiger partial charge in [0, 0.05) is 47.0 Å². The van der Waals surface area contributed by atoms with Crippen molar-refractivity contribution < 1.29 is 56.8 Å². The first kappa shape index (κ1) is 43.7. The molecule has 4 amide bonds. The fraction of sp³-hybridized carbons (Fsp3) is 0.553. The Bertz CT molecular complexity index is 1920. The van der Waals surface area contributed by atoms with Gasteiger partial charge in [-0.25, -0.2) is 17.9 Å². The minimum Gasteiger partial charge on any atom is -0.493 e. The van der Waals surface area contributed by atoms with E-state index in [0.29, 0.717) is 30.4 Å². The van der Waals surface area contributed by atoms with Crippen molar-refractivity contribution in [3.8, 4) is 0 Å². The number of sulfonamides is 1.